The lowest BCUT2D eigenvalue weighted by atomic mass is 10.0. The summed E-state index contributed by atoms with van der Waals surface area (Å²) in [5.41, 5.74) is 0.605. The Balaban J connectivity index is 1.68. The zero-order valence-corrected chi connectivity index (χ0v) is 19.2. The molecule has 0 saturated carbocycles. The van der Waals surface area contributed by atoms with Crippen LogP contribution in [0.3, 0.4) is 0 Å². The molecule has 0 spiro atoms. The van der Waals surface area contributed by atoms with Gasteiger partial charge < -0.3 is 14.8 Å². The number of aryl methyl sites for hydroxylation is 1. The number of aromatic nitrogens is 4. The molecule has 1 aliphatic rings. The summed E-state index contributed by atoms with van der Waals surface area (Å²) in [6, 6.07) is 7.64. The number of hydrogen-bond acceptors (Lipinski definition) is 6. The molecule has 1 fully saturated rings. The zero-order valence-electron chi connectivity index (χ0n) is 19.2. The Labute approximate surface area is 199 Å². The van der Waals surface area contributed by atoms with Gasteiger partial charge in [0, 0.05) is 37.3 Å². The van der Waals surface area contributed by atoms with Crippen molar-refractivity contribution in [3.8, 4) is 28.6 Å². The quantitative estimate of drug-likeness (QED) is 0.475. The molecular weight excluding hydrogens is 455 g/mol. The fourth-order valence-corrected chi connectivity index (χ4v) is 4.50. The van der Waals surface area contributed by atoms with Crippen LogP contribution in [0, 0.1) is 28.8 Å². The third-order valence-electron chi connectivity index (χ3n) is 6.49. The topological polar surface area (TPSA) is 82.7 Å². The van der Waals surface area contributed by atoms with Gasteiger partial charge in [0.15, 0.2) is 11.6 Å². The van der Waals surface area contributed by atoms with Crippen LogP contribution in [0.25, 0.3) is 33.5 Å². The normalized spacial score (nSPS) is 14.5. The summed E-state index contributed by atoms with van der Waals surface area (Å²) in [6.07, 6.45) is 4.75. The minimum absolute atomic E-state index is 0.0363. The Hall–Kier alpha value is -3.97. The Morgan fingerprint density at radius 3 is 2.51 bits per heavy atom. The lowest BCUT2D eigenvalue weighted by Gasteiger charge is -2.32. The summed E-state index contributed by atoms with van der Waals surface area (Å²) in [7, 11) is 3.51. The van der Waals surface area contributed by atoms with Gasteiger partial charge in [-0.2, -0.15) is 5.26 Å². The minimum Gasteiger partial charge on any atom is -0.355 e. The number of hydrogen-bond donors (Lipinski definition) is 1. The SMILES string of the molecule is CNC1CCN(c2cnc(-c3cc4ncn(C)c4c(F)c3F)c(-c3ccc(C#N)c(F)c3)n2)CC1. The van der Waals surface area contributed by atoms with Crippen molar-refractivity contribution in [3.05, 3.63) is 59.8 Å². The van der Waals surface area contributed by atoms with Crippen molar-refractivity contribution in [2.75, 3.05) is 25.0 Å². The smallest absolute Gasteiger partial charge is 0.185 e. The second kappa shape index (κ2) is 9.00. The van der Waals surface area contributed by atoms with Crippen molar-refractivity contribution in [3.63, 3.8) is 0 Å². The first-order chi connectivity index (χ1) is 16.9. The number of rotatable bonds is 4. The van der Waals surface area contributed by atoms with Crippen LogP contribution in [-0.2, 0) is 7.05 Å². The highest BCUT2D eigenvalue weighted by Crippen LogP contribution is 2.36. The zero-order chi connectivity index (χ0) is 24.7. The van der Waals surface area contributed by atoms with Crippen molar-refractivity contribution in [2.24, 2.45) is 7.05 Å². The van der Waals surface area contributed by atoms with Gasteiger partial charge >= 0.3 is 0 Å². The van der Waals surface area contributed by atoms with Crippen molar-refractivity contribution in [1.82, 2.24) is 24.8 Å². The third kappa shape index (κ3) is 3.98. The van der Waals surface area contributed by atoms with Crippen LogP contribution in [0.2, 0.25) is 0 Å². The molecule has 0 radical (unpaired) electrons. The maximum absolute atomic E-state index is 15.3. The maximum atomic E-state index is 15.3. The number of fused-ring (bicyclic) bond motifs is 1. The number of nitriles is 1. The second-order valence-corrected chi connectivity index (χ2v) is 8.56. The van der Waals surface area contributed by atoms with Gasteiger partial charge in [-0.25, -0.2) is 28.1 Å². The van der Waals surface area contributed by atoms with E-state index in [1.54, 1.807) is 13.1 Å². The third-order valence-corrected chi connectivity index (χ3v) is 6.49. The molecule has 2 aromatic carbocycles. The van der Waals surface area contributed by atoms with E-state index in [1.165, 1.54) is 35.3 Å². The van der Waals surface area contributed by atoms with Gasteiger partial charge in [-0.15, -0.1) is 0 Å². The van der Waals surface area contributed by atoms with E-state index in [-0.39, 0.29) is 33.5 Å². The maximum Gasteiger partial charge on any atom is 0.185 e. The van der Waals surface area contributed by atoms with Crippen LogP contribution in [0.1, 0.15) is 18.4 Å². The van der Waals surface area contributed by atoms with Gasteiger partial charge in [0.05, 0.1) is 35.0 Å². The van der Waals surface area contributed by atoms with Gasteiger partial charge in [0.2, 0.25) is 0 Å². The Bertz CT molecular complexity index is 1470. The van der Waals surface area contributed by atoms with Crippen molar-refractivity contribution in [1.29, 1.82) is 5.26 Å². The van der Waals surface area contributed by atoms with E-state index in [2.05, 4.69) is 20.2 Å². The highest BCUT2D eigenvalue weighted by molar-refractivity contribution is 5.87. The fourth-order valence-electron chi connectivity index (χ4n) is 4.50. The summed E-state index contributed by atoms with van der Waals surface area (Å²) in [6.45, 7) is 1.48. The summed E-state index contributed by atoms with van der Waals surface area (Å²) >= 11 is 0. The molecule has 1 saturated heterocycles. The molecule has 4 aromatic rings. The number of piperidine rings is 1. The average Bonchev–Trinajstić information content (AvgIpc) is 3.26. The summed E-state index contributed by atoms with van der Waals surface area (Å²) in [5.74, 6) is -2.31. The van der Waals surface area contributed by atoms with E-state index in [1.807, 2.05) is 7.05 Å². The predicted molar refractivity (Wildman–Crippen MR) is 126 cm³/mol. The van der Waals surface area contributed by atoms with Gasteiger partial charge in [-0.3, -0.25) is 0 Å². The second-order valence-electron chi connectivity index (χ2n) is 8.56. The number of anilines is 1. The van der Waals surface area contributed by atoms with Crippen molar-refractivity contribution in [2.45, 2.75) is 18.9 Å². The van der Waals surface area contributed by atoms with E-state index < -0.39 is 17.5 Å². The van der Waals surface area contributed by atoms with E-state index in [4.69, 9.17) is 10.2 Å². The molecule has 178 valence electrons. The number of nitrogens with one attached hydrogen (secondary N) is 1. The first kappa shape index (κ1) is 22.8. The Kier molecular flexibility index (Phi) is 5.86. The molecule has 0 atom stereocenters. The highest BCUT2D eigenvalue weighted by atomic mass is 19.2. The van der Waals surface area contributed by atoms with Crippen LogP contribution in [0.4, 0.5) is 19.0 Å². The summed E-state index contributed by atoms with van der Waals surface area (Å²) in [4.78, 5) is 15.4. The first-order valence-corrected chi connectivity index (χ1v) is 11.2. The van der Waals surface area contributed by atoms with Crippen LogP contribution in [0.5, 0.6) is 0 Å². The molecule has 3 heterocycles. The summed E-state index contributed by atoms with van der Waals surface area (Å²) in [5, 5.41) is 12.4. The monoisotopic (exact) mass is 477 g/mol. The largest absolute Gasteiger partial charge is 0.355 e. The fraction of sp³-hybridized carbons (Fsp3) is 0.280. The van der Waals surface area contributed by atoms with Crippen LogP contribution < -0.4 is 10.2 Å². The Morgan fingerprint density at radius 1 is 1.06 bits per heavy atom. The average molecular weight is 477 g/mol. The molecule has 0 aliphatic carbocycles. The van der Waals surface area contributed by atoms with Crippen LogP contribution >= 0.6 is 0 Å². The molecule has 1 aliphatic heterocycles. The molecule has 2 aromatic heterocycles. The van der Waals surface area contributed by atoms with E-state index in [0.717, 1.165) is 32.0 Å². The molecule has 0 unspecified atom stereocenters. The van der Waals surface area contributed by atoms with E-state index in [0.29, 0.717) is 17.4 Å². The molecule has 35 heavy (non-hydrogen) atoms. The van der Waals surface area contributed by atoms with Crippen LogP contribution in [0.15, 0.2) is 36.8 Å². The van der Waals surface area contributed by atoms with Gasteiger partial charge in [-0.1, -0.05) is 6.07 Å². The lowest BCUT2D eigenvalue weighted by molar-refractivity contribution is 0.440. The molecule has 7 nitrogen and oxygen atoms in total. The number of nitrogens with zero attached hydrogens (tertiary/aromatic N) is 6. The number of halogens is 3. The Morgan fingerprint density at radius 2 is 1.83 bits per heavy atom. The lowest BCUT2D eigenvalue weighted by Crippen LogP contribution is -2.41. The highest BCUT2D eigenvalue weighted by Gasteiger charge is 2.25. The predicted octanol–water partition coefficient (Wildman–Crippen LogP) is 4.17. The van der Waals surface area contributed by atoms with Gasteiger partial charge in [-0.05, 0) is 38.1 Å². The molecule has 0 bridgehead atoms. The number of imidazole rings is 1. The molecule has 0 amide bonds. The van der Waals surface area contributed by atoms with E-state index in [9.17, 15) is 8.78 Å². The summed E-state index contributed by atoms with van der Waals surface area (Å²) < 4.78 is 46.2. The molecular formula is C25H22F3N7. The van der Waals surface area contributed by atoms with Gasteiger partial charge in [0.1, 0.15) is 23.2 Å². The van der Waals surface area contributed by atoms with Crippen molar-refractivity contribution >= 4 is 16.9 Å². The minimum atomic E-state index is -1.09. The molecule has 10 heteroatoms. The van der Waals surface area contributed by atoms with Crippen molar-refractivity contribution < 1.29 is 13.2 Å². The first-order valence-electron chi connectivity index (χ1n) is 11.2. The van der Waals surface area contributed by atoms with Crippen LogP contribution in [-0.4, -0.2) is 45.7 Å². The van der Waals surface area contributed by atoms with Gasteiger partial charge in [0.25, 0.3) is 0 Å². The number of benzene rings is 2. The van der Waals surface area contributed by atoms with E-state index >= 15 is 4.39 Å². The molecule has 1 N–H and O–H groups in total. The molecule has 5 rings (SSSR count). The standard InChI is InChI=1S/C25H22F3N7/c1-30-16-5-7-35(8-6-16)20-12-31-24(23(33-20)14-3-4-15(11-29)18(26)9-14)17-10-19-25(22(28)21(17)27)34(2)13-32-19/h3-4,9-10,12-13,16,30H,5-8H2,1-2H3.